The van der Waals surface area contributed by atoms with Gasteiger partial charge in [-0.2, -0.15) is 0 Å². The van der Waals surface area contributed by atoms with E-state index in [2.05, 4.69) is 55.7 Å². The Balaban J connectivity index is 1.10. The van der Waals surface area contributed by atoms with Gasteiger partial charge in [-0.1, -0.05) is 101 Å². The zero-order chi connectivity index (χ0) is 47.6. The van der Waals surface area contributed by atoms with Gasteiger partial charge in [-0.15, -0.1) is 0 Å². The van der Waals surface area contributed by atoms with Gasteiger partial charge in [0.1, 0.15) is 23.5 Å². The van der Waals surface area contributed by atoms with E-state index in [4.69, 9.17) is 18.9 Å². The molecule has 358 valence electrons. The third-order valence-electron chi connectivity index (χ3n) is 13.4. The zero-order valence-corrected chi connectivity index (χ0v) is 40.9. The Bertz CT molecular complexity index is 2310. The maximum atomic E-state index is 14.6. The van der Waals surface area contributed by atoms with Crippen molar-refractivity contribution in [2.24, 2.45) is 0 Å². The Kier molecular flexibility index (Phi) is 16.4. The molecule has 0 bridgehead atoms. The molecule has 2 saturated heterocycles. The molecule has 2 aliphatic heterocycles. The minimum atomic E-state index is -2.88. The molecule has 5 amide bonds. The van der Waals surface area contributed by atoms with Crippen LogP contribution in [0, 0.1) is 6.92 Å². The summed E-state index contributed by atoms with van der Waals surface area (Å²) in [6.07, 6.45) is 6.37. The number of piperazine rings is 1. The lowest BCUT2D eigenvalue weighted by Crippen LogP contribution is -2.66. The second-order valence-electron chi connectivity index (χ2n) is 19.2. The van der Waals surface area contributed by atoms with Gasteiger partial charge in [0, 0.05) is 56.8 Å². The average Bonchev–Trinajstić information content (AvgIpc) is 3.82. The number of hydrogen-bond donors (Lipinski definition) is 2. The Morgan fingerprint density at radius 1 is 0.806 bits per heavy atom. The van der Waals surface area contributed by atoms with Crippen molar-refractivity contribution < 1.29 is 37.9 Å². The van der Waals surface area contributed by atoms with Crippen LogP contribution in [0.3, 0.4) is 0 Å². The summed E-state index contributed by atoms with van der Waals surface area (Å²) >= 11 is 0. The summed E-state index contributed by atoms with van der Waals surface area (Å²) < 4.78 is 18.8. The summed E-state index contributed by atoms with van der Waals surface area (Å²) in [5, 5.41) is 8.78. The van der Waals surface area contributed by atoms with Crippen LogP contribution in [0.5, 0.6) is 5.75 Å². The molecular weight excluding hydrogens is 865 g/mol. The van der Waals surface area contributed by atoms with Crippen LogP contribution < -0.4 is 25.7 Å². The first-order valence-corrected chi connectivity index (χ1v) is 26.1. The number of pyridine rings is 1. The first-order valence-electron chi connectivity index (χ1n) is 24.2. The van der Waals surface area contributed by atoms with Crippen molar-refractivity contribution >= 4 is 59.3 Å². The molecular formula is C52H68N6O8Si. The standard InChI is InChI=1S/C52H68N6O8Si/c1-6-7-32-64-51(63)57-30-28-56(29-31-57)50(62)42(23-16-33-66-67(52(3,4)5,39-19-10-8-11-20-39)40-21-12-9-13-22-40)55-48(60)44-35-46(41-26-25-37(2)34-43(41)54-44)65-36-47(59)58-27-15-24-45(58)49(61)53-38-17-14-18-38/h8-13,19-22,25-26,34-35,38,42,45H,6-7,14-18,23-24,27-33,36H2,1-5H3,(H,53,61)(H,55,60)/t42-,45-/m0/s1. The third kappa shape index (κ3) is 11.7. The largest absolute Gasteiger partial charge is 0.483 e. The number of rotatable bonds is 18. The van der Waals surface area contributed by atoms with E-state index in [0.717, 1.165) is 54.5 Å². The molecule has 0 unspecified atom stereocenters. The van der Waals surface area contributed by atoms with Gasteiger partial charge >= 0.3 is 6.09 Å². The second kappa shape index (κ2) is 22.3. The fraction of sp³-hybridized carbons (Fsp3) is 0.500. The van der Waals surface area contributed by atoms with E-state index < -0.39 is 32.4 Å². The molecule has 3 heterocycles. The summed E-state index contributed by atoms with van der Waals surface area (Å²) in [4.78, 5) is 78.2. The highest BCUT2D eigenvalue weighted by Crippen LogP contribution is 2.37. The molecule has 0 radical (unpaired) electrons. The van der Waals surface area contributed by atoms with Crippen LogP contribution in [0.4, 0.5) is 4.79 Å². The first-order chi connectivity index (χ1) is 32.3. The summed E-state index contributed by atoms with van der Waals surface area (Å²) in [5.41, 5.74) is 1.44. The molecule has 14 nitrogen and oxygen atoms in total. The number of amides is 5. The molecule has 1 aromatic heterocycles. The van der Waals surface area contributed by atoms with Crippen molar-refractivity contribution in [3.63, 3.8) is 0 Å². The van der Waals surface area contributed by atoms with E-state index in [1.54, 1.807) is 14.7 Å². The highest BCUT2D eigenvalue weighted by Gasteiger charge is 2.50. The van der Waals surface area contributed by atoms with E-state index in [1.807, 2.05) is 68.4 Å². The normalized spacial score (nSPS) is 17.1. The number of nitrogens with one attached hydrogen (secondary N) is 2. The molecule has 3 aliphatic rings. The van der Waals surface area contributed by atoms with Crippen molar-refractivity contribution in [2.45, 2.75) is 116 Å². The summed E-state index contributed by atoms with van der Waals surface area (Å²) in [6, 6.07) is 26.5. The van der Waals surface area contributed by atoms with E-state index in [1.165, 1.54) is 6.07 Å². The highest BCUT2D eigenvalue weighted by molar-refractivity contribution is 6.99. The smallest absolute Gasteiger partial charge is 0.409 e. The number of ether oxygens (including phenoxy) is 2. The summed E-state index contributed by atoms with van der Waals surface area (Å²) in [6.45, 7) is 12.6. The van der Waals surface area contributed by atoms with Gasteiger partial charge in [-0.05, 0) is 91.4 Å². The molecule has 4 aromatic rings. The second-order valence-corrected chi connectivity index (χ2v) is 23.5. The van der Waals surface area contributed by atoms with Gasteiger partial charge in [0.2, 0.25) is 11.8 Å². The molecule has 7 rings (SSSR count). The summed E-state index contributed by atoms with van der Waals surface area (Å²) in [7, 11) is -2.88. The highest BCUT2D eigenvalue weighted by atomic mass is 28.4. The number of carbonyl (C=O) groups is 5. The van der Waals surface area contributed by atoms with Gasteiger partial charge in [-0.3, -0.25) is 19.2 Å². The summed E-state index contributed by atoms with van der Waals surface area (Å²) in [5.74, 6) is -0.977. The van der Waals surface area contributed by atoms with Gasteiger partial charge < -0.3 is 39.2 Å². The van der Waals surface area contributed by atoms with E-state index >= 15 is 0 Å². The molecule has 3 aromatic carbocycles. The minimum absolute atomic E-state index is 0.0282. The predicted molar refractivity (Wildman–Crippen MR) is 261 cm³/mol. The average molecular weight is 933 g/mol. The minimum Gasteiger partial charge on any atom is -0.483 e. The van der Waals surface area contributed by atoms with Crippen LogP contribution in [-0.4, -0.2) is 128 Å². The Hall–Kier alpha value is -5.80. The fourth-order valence-corrected chi connectivity index (χ4v) is 14.0. The molecule has 2 atom stereocenters. The van der Waals surface area contributed by atoms with Crippen molar-refractivity contribution in [3.8, 4) is 5.75 Å². The number of hydrogen-bond acceptors (Lipinski definition) is 9. The van der Waals surface area contributed by atoms with Crippen molar-refractivity contribution in [2.75, 3.05) is 52.5 Å². The van der Waals surface area contributed by atoms with Crippen LogP contribution in [0.1, 0.15) is 102 Å². The molecule has 1 aliphatic carbocycles. The van der Waals surface area contributed by atoms with Crippen LogP contribution in [-0.2, 0) is 23.5 Å². The molecule has 15 heteroatoms. The number of aryl methyl sites for hydroxylation is 1. The van der Waals surface area contributed by atoms with Crippen LogP contribution in [0.2, 0.25) is 5.04 Å². The molecule has 2 N–H and O–H groups in total. The van der Waals surface area contributed by atoms with Gasteiger partial charge in [0.15, 0.2) is 6.61 Å². The third-order valence-corrected chi connectivity index (χ3v) is 18.4. The topological polar surface area (TPSA) is 160 Å². The Morgan fingerprint density at radius 3 is 2.10 bits per heavy atom. The number of nitrogens with zero attached hydrogens (tertiary/aromatic N) is 4. The van der Waals surface area contributed by atoms with Crippen LogP contribution in [0.25, 0.3) is 10.9 Å². The van der Waals surface area contributed by atoms with Crippen molar-refractivity contribution in [3.05, 3.63) is 96.2 Å². The number of fused-ring (bicyclic) bond motifs is 1. The lowest BCUT2D eigenvalue weighted by molar-refractivity contribution is -0.140. The van der Waals surface area contributed by atoms with Crippen LogP contribution >= 0.6 is 0 Å². The quantitative estimate of drug-likeness (QED) is 0.0886. The molecule has 3 fully saturated rings. The number of aromatic nitrogens is 1. The maximum Gasteiger partial charge on any atom is 0.409 e. The zero-order valence-electron chi connectivity index (χ0n) is 39.9. The monoisotopic (exact) mass is 932 g/mol. The number of likely N-dealkylation sites (tertiary alicyclic amines) is 1. The maximum absolute atomic E-state index is 14.6. The Labute approximate surface area is 396 Å². The van der Waals surface area contributed by atoms with Crippen molar-refractivity contribution in [1.29, 1.82) is 0 Å². The molecule has 67 heavy (non-hydrogen) atoms. The van der Waals surface area contributed by atoms with Crippen LogP contribution in [0.15, 0.2) is 84.9 Å². The number of carbonyl (C=O) groups excluding carboxylic acids is 5. The SMILES string of the molecule is CCCCOC(=O)N1CCN(C(=O)[C@H](CCCO[Si](c2ccccc2)(c2ccccc2)C(C)(C)C)NC(=O)c2cc(OCC(=O)N3CCC[C@H]3C(=O)NC3CCC3)c3ccc(C)cc3n2)CC1. The number of unbranched alkanes of at least 4 members (excludes halogenated alkanes) is 1. The number of benzene rings is 3. The van der Waals surface area contributed by atoms with Gasteiger partial charge in [-0.25, -0.2) is 9.78 Å². The van der Waals surface area contributed by atoms with E-state index in [0.29, 0.717) is 62.3 Å². The van der Waals surface area contributed by atoms with Crippen molar-refractivity contribution in [1.82, 2.24) is 30.3 Å². The first kappa shape index (κ1) is 49.1. The van der Waals surface area contributed by atoms with Gasteiger partial charge in [0.25, 0.3) is 20.1 Å². The van der Waals surface area contributed by atoms with E-state index in [-0.39, 0.29) is 60.6 Å². The predicted octanol–water partition coefficient (Wildman–Crippen LogP) is 6.12. The molecule has 0 spiro atoms. The lowest BCUT2D eigenvalue weighted by Gasteiger charge is -2.43. The lowest BCUT2D eigenvalue weighted by atomic mass is 9.93. The fourth-order valence-electron chi connectivity index (χ4n) is 9.44. The molecule has 1 saturated carbocycles. The van der Waals surface area contributed by atoms with Gasteiger partial charge in [0.05, 0.1) is 12.1 Å². The Morgan fingerprint density at radius 2 is 1.48 bits per heavy atom. The van der Waals surface area contributed by atoms with E-state index in [9.17, 15) is 24.0 Å².